The third-order valence-electron chi connectivity index (χ3n) is 5.86. The number of halogens is 1. The number of rotatable bonds is 8. The molecule has 186 valence electrons. The van der Waals surface area contributed by atoms with E-state index in [1.54, 1.807) is 29.2 Å². The summed E-state index contributed by atoms with van der Waals surface area (Å²) in [6, 6.07) is 16.7. The standard InChI is InChI=1S/C27H27FN4O3S/c1-2-12-32(27(35)24-7-4-17-36-24)19-25(33)29-22-8-10-23(11-9-22)30-13-15-31(16-14-30)26(34)20-5-3-6-21(28)18-20/h2-11,17-18H,1,12-16,19H2,(H,29,33). The van der Waals surface area contributed by atoms with Gasteiger partial charge in [-0.05, 0) is 53.9 Å². The lowest BCUT2D eigenvalue weighted by Gasteiger charge is -2.36. The van der Waals surface area contributed by atoms with Gasteiger partial charge >= 0.3 is 0 Å². The summed E-state index contributed by atoms with van der Waals surface area (Å²) in [6.45, 7) is 6.24. The Morgan fingerprint density at radius 3 is 2.42 bits per heavy atom. The fourth-order valence-electron chi connectivity index (χ4n) is 4.03. The first-order valence-corrected chi connectivity index (χ1v) is 12.5. The van der Waals surface area contributed by atoms with Crippen molar-refractivity contribution < 1.29 is 18.8 Å². The fourth-order valence-corrected chi connectivity index (χ4v) is 4.72. The van der Waals surface area contributed by atoms with Gasteiger partial charge in [-0.2, -0.15) is 0 Å². The molecule has 2 heterocycles. The molecule has 2 aromatic carbocycles. The molecule has 0 unspecified atom stereocenters. The lowest BCUT2D eigenvalue weighted by atomic mass is 10.1. The summed E-state index contributed by atoms with van der Waals surface area (Å²) in [5.74, 6) is -1.09. The highest BCUT2D eigenvalue weighted by molar-refractivity contribution is 7.12. The normalized spacial score (nSPS) is 13.2. The van der Waals surface area contributed by atoms with Crippen LogP contribution in [0.2, 0.25) is 0 Å². The molecule has 3 aromatic rings. The van der Waals surface area contributed by atoms with Gasteiger partial charge in [0.15, 0.2) is 0 Å². The molecule has 0 aliphatic carbocycles. The second-order valence-electron chi connectivity index (χ2n) is 8.34. The molecular formula is C27H27FN4O3S. The first kappa shape index (κ1) is 25.1. The zero-order chi connectivity index (χ0) is 25.5. The molecule has 0 bridgehead atoms. The van der Waals surface area contributed by atoms with Crippen molar-refractivity contribution in [2.75, 3.05) is 49.5 Å². The summed E-state index contributed by atoms with van der Waals surface area (Å²) >= 11 is 1.33. The average molecular weight is 507 g/mol. The average Bonchev–Trinajstić information content (AvgIpc) is 3.43. The van der Waals surface area contributed by atoms with Crippen LogP contribution >= 0.6 is 11.3 Å². The number of hydrogen-bond acceptors (Lipinski definition) is 5. The van der Waals surface area contributed by atoms with E-state index in [0.29, 0.717) is 42.3 Å². The minimum absolute atomic E-state index is 0.0776. The van der Waals surface area contributed by atoms with Gasteiger partial charge in [0.05, 0.1) is 4.88 Å². The maximum absolute atomic E-state index is 13.5. The Labute approximate surface area is 213 Å². The van der Waals surface area contributed by atoms with Gasteiger partial charge in [0, 0.05) is 49.7 Å². The van der Waals surface area contributed by atoms with Crippen molar-refractivity contribution in [3.63, 3.8) is 0 Å². The van der Waals surface area contributed by atoms with Gasteiger partial charge in [-0.1, -0.05) is 18.2 Å². The molecule has 1 aliphatic rings. The van der Waals surface area contributed by atoms with Crippen molar-refractivity contribution in [3.8, 4) is 0 Å². The Morgan fingerprint density at radius 1 is 1.03 bits per heavy atom. The SMILES string of the molecule is C=CCN(CC(=O)Nc1ccc(N2CCN(C(=O)c3cccc(F)c3)CC2)cc1)C(=O)c1cccs1. The number of piperazine rings is 1. The highest BCUT2D eigenvalue weighted by atomic mass is 32.1. The molecule has 1 fully saturated rings. The van der Waals surface area contributed by atoms with Crippen LogP contribution in [-0.2, 0) is 4.79 Å². The second-order valence-corrected chi connectivity index (χ2v) is 9.28. The molecule has 36 heavy (non-hydrogen) atoms. The van der Waals surface area contributed by atoms with Crippen LogP contribution in [-0.4, -0.2) is 66.8 Å². The smallest absolute Gasteiger partial charge is 0.264 e. The number of amides is 3. The predicted molar refractivity (Wildman–Crippen MR) is 140 cm³/mol. The number of benzene rings is 2. The van der Waals surface area contributed by atoms with Gasteiger partial charge in [0.25, 0.3) is 11.8 Å². The molecule has 0 spiro atoms. The zero-order valence-corrected chi connectivity index (χ0v) is 20.5. The van der Waals surface area contributed by atoms with Crippen LogP contribution in [0.15, 0.2) is 78.7 Å². The molecule has 1 aliphatic heterocycles. The molecule has 9 heteroatoms. The van der Waals surface area contributed by atoms with Gasteiger partial charge in [-0.15, -0.1) is 17.9 Å². The van der Waals surface area contributed by atoms with E-state index in [4.69, 9.17) is 0 Å². The van der Waals surface area contributed by atoms with Crippen LogP contribution in [0.5, 0.6) is 0 Å². The van der Waals surface area contributed by atoms with Crippen LogP contribution in [0.25, 0.3) is 0 Å². The molecule has 0 atom stereocenters. The Morgan fingerprint density at radius 2 is 1.78 bits per heavy atom. The highest BCUT2D eigenvalue weighted by Crippen LogP contribution is 2.21. The Balaban J connectivity index is 1.29. The number of carbonyl (C=O) groups is 3. The molecule has 1 N–H and O–H groups in total. The van der Waals surface area contributed by atoms with Crippen LogP contribution in [0.3, 0.4) is 0 Å². The van der Waals surface area contributed by atoms with Crippen molar-refractivity contribution >= 4 is 40.4 Å². The number of anilines is 2. The first-order chi connectivity index (χ1) is 17.4. The van der Waals surface area contributed by atoms with Crippen molar-refractivity contribution in [2.45, 2.75) is 0 Å². The number of carbonyl (C=O) groups excluding carboxylic acids is 3. The van der Waals surface area contributed by atoms with Gasteiger partial charge < -0.3 is 20.0 Å². The summed E-state index contributed by atoms with van der Waals surface area (Å²) in [5.41, 5.74) is 1.96. The van der Waals surface area contributed by atoms with Crippen LogP contribution < -0.4 is 10.2 Å². The summed E-state index contributed by atoms with van der Waals surface area (Å²) in [5, 5.41) is 4.66. The number of nitrogens with one attached hydrogen (secondary N) is 1. The molecule has 7 nitrogen and oxygen atoms in total. The number of nitrogens with zero attached hydrogens (tertiary/aromatic N) is 3. The largest absolute Gasteiger partial charge is 0.368 e. The van der Waals surface area contributed by atoms with E-state index in [2.05, 4.69) is 16.8 Å². The van der Waals surface area contributed by atoms with Crippen LogP contribution in [0, 0.1) is 5.82 Å². The maximum atomic E-state index is 13.5. The monoisotopic (exact) mass is 506 g/mol. The molecule has 0 saturated carbocycles. The van der Waals surface area contributed by atoms with Crippen LogP contribution in [0.1, 0.15) is 20.0 Å². The summed E-state index contributed by atoms with van der Waals surface area (Å²) in [6.07, 6.45) is 1.60. The minimum atomic E-state index is -0.422. The fraction of sp³-hybridized carbons (Fsp3) is 0.222. The van der Waals surface area contributed by atoms with E-state index in [0.717, 1.165) is 5.69 Å². The Hall–Kier alpha value is -3.98. The summed E-state index contributed by atoms with van der Waals surface area (Å²) in [7, 11) is 0. The molecule has 4 rings (SSSR count). The zero-order valence-electron chi connectivity index (χ0n) is 19.7. The van der Waals surface area contributed by atoms with Gasteiger partial charge in [0.2, 0.25) is 5.91 Å². The quantitative estimate of drug-likeness (QED) is 0.467. The third kappa shape index (κ3) is 6.17. The molecule has 1 saturated heterocycles. The van der Waals surface area contributed by atoms with E-state index in [-0.39, 0.29) is 30.8 Å². The van der Waals surface area contributed by atoms with E-state index in [1.165, 1.54) is 34.4 Å². The lowest BCUT2D eigenvalue weighted by Crippen LogP contribution is -2.48. The minimum Gasteiger partial charge on any atom is -0.368 e. The van der Waals surface area contributed by atoms with E-state index < -0.39 is 5.82 Å². The van der Waals surface area contributed by atoms with Gasteiger partial charge in [-0.3, -0.25) is 14.4 Å². The predicted octanol–water partition coefficient (Wildman–Crippen LogP) is 4.12. The van der Waals surface area contributed by atoms with Gasteiger partial charge in [0.1, 0.15) is 12.4 Å². The molecular weight excluding hydrogens is 479 g/mol. The molecule has 1 aromatic heterocycles. The van der Waals surface area contributed by atoms with Crippen molar-refractivity contribution in [2.24, 2.45) is 0 Å². The van der Waals surface area contributed by atoms with Crippen molar-refractivity contribution in [1.29, 1.82) is 0 Å². The van der Waals surface area contributed by atoms with E-state index >= 15 is 0 Å². The van der Waals surface area contributed by atoms with Crippen LogP contribution in [0.4, 0.5) is 15.8 Å². The summed E-state index contributed by atoms with van der Waals surface area (Å²) in [4.78, 5) is 43.8. The number of thiophene rings is 1. The molecule has 0 radical (unpaired) electrons. The Bertz CT molecular complexity index is 1220. The topological polar surface area (TPSA) is 73.0 Å². The van der Waals surface area contributed by atoms with E-state index in [1.807, 2.05) is 29.6 Å². The second kappa shape index (κ2) is 11.6. The lowest BCUT2D eigenvalue weighted by molar-refractivity contribution is -0.116. The Kier molecular flexibility index (Phi) is 8.12. The van der Waals surface area contributed by atoms with Crippen molar-refractivity contribution in [3.05, 3.63) is 95.0 Å². The maximum Gasteiger partial charge on any atom is 0.264 e. The van der Waals surface area contributed by atoms with E-state index in [9.17, 15) is 18.8 Å². The first-order valence-electron chi connectivity index (χ1n) is 11.6. The van der Waals surface area contributed by atoms with Gasteiger partial charge in [-0.25, -0.2) is 4.39 Å². The highest BCUT2D eigenvalue weighted by Gasteiger charge is 2.23. The molecule has 3 amide bonds. The third-order valence-corrected chi connectivity index (χ3v) is 6.72. The summed E-state index contributed by atoms with van der Waals surface area (Å²) < 4.78 is 13.5. The number of hydrogen-bond donors (Lipinski definition) is 1. The van der Waals surface area contributed by atoms with Crippen molar-refractivity contribution in [1.82, 2.24) is 9.80 Å².